The van der Waals surface area contributed by atoms with Crippen LogP contribution in [0.2, 0.25) is 0 Å². The molecule has 0 aromatic carbocycles. The van der Waals surface area contributed by atoms with Crippen LogP contribution in [0.1, 0.15) is 0 Å². The maximum Gasteiger partial charge on any atom is 0.246 e. The van der Waals surface area contributed by atoms with Gasteiger partial charge in [0, 0.05) is 0 Å². The third kappa shape index (κ3) is 2.15. The van der Waals surface area contributed by atoms with Crippen LogP contribution in [0.4, 0.5) is 11.6 Å². The molecule has 1 fully saturated rings. The molecule has 1 aromatic heterocycles. The van der Waals surface area contributed by atoms with Crippen LogP contribution in [-0.4, -0.2) is 42.0 Å². The SMILES string of the molecule is COc1c(NN)ncnc1N1CC(=O)NC(=O)C1. The number of aromatic nitrogens is 2. The molecule has 0 aliphatic carbocycles. The summed E-state index contributed by atoms with van der Waals surface area (Å²) in [6.07, 6.45) is 1.27. The first-order valence-corrected chi connectivity index (χ1v) is 5.09. The molecule has 96 valence electrons. The van der Waals surface area contributed by atoms with Gasteiger partial charge in [-0.25, -0.2) is 15.8 Å². The van der Waals surface area contributed by atoms with E-state index in [-0.39, 0.29) is 24.7 Å². The number of ether oxygens (including phenoxy) is 1. The number of rotatable bonds is 3. The van der Waals surface area contributed by atoms with Gasteiger partial charge in [0.25, 0.3) is 0 Å². The van der Waals surface area contributed by atoms with Crippen molar-refractivity contribution >= 4 is 23.5 Å². The van der Waals surface area contributed by atoms with Crippen LogP contribution in [0, 0.1) is 0 Å². The van der Waals surface area contributed by atoms with Crippen molar-refractivity contribution in [3.8, 4) is 5.75 Å². The Kier molecular flexibility index (Phi) is 3.24. The number of nitrogens with two attached hydrogens (primary N) is 1. The molecule has 1 aliphatic rings. The molecule has 2 amide bonds. The highest BCUT2D eigenvalue weighted by Crippen LogP contribution is 2.31. The van der Waals surface area contributed by atoms with Crippen molar-refractivity contribution in [2.75, 3.05) is 30.5 Å². The first-order valence-electron chi connectivity index (χ1n) is 5.09. The molecule has 4 N–H and O–H groups in total. The summed E-state index contributed by atoms with van der Waals surface area (Å²) < 4.78 is 5.14. The Hall–Kier alpha value is -2.42. The molecule has 0 atom stereocenters. The van der Waals surface area contributed by atoms with E-state index in [1.54, 1.807) is 0 Å². The van der Waals surface area contributed by atoms with Gasteiger partial charge >= 0.3 is 0 Å². The summed E-state index contributed by atoms with van der Waals surface area (Å²) in [5.74, 6) is 5.40. The Balaban J connectivity index is 2.37. The van der Waals surface area contributed by atoms with Gasteiger partial charge in [-0.15, -0.1) is 0 Å². The molecule has 0 saturated carbocycles. The van der Waals surface area contributed by atoms with Gasteiger partial charge < -0.3 is 15.1 Å². The van der Waals surface area contributed by atoms with Gasteiger partial charge in [0.05, 0.1) is 20.2 Å². The number of imide groups is 1. The van der Waals surface area contributed by atoms with Crippen LogP contribution < -0.4 is 26.2 Å². The molecule has 9 heteroatoms. The molecule has 0 spiro atoms. The number of piperazine rings is 1. The number of nitrogen functional groups attached to an aromatic ring is 1. The Morgan fingerprint density at radius 1 is 1.39 bits per heavy atom. The van der Waals surface area contributed by atoms with Crippen LogP contribution in [0.25, 0.3) is 0 Å². The number of nitrogens with zero attached hydrogens (tertiary/aromatic N) is 3. The first-order chi connectivity index (χ1) is 8.65. The highest BCUT2D eigenvalue weighted by atomic mass is 16.5. The van der Waals surface area contributed by atoms with Gasteiger partial charge in [0.2, 0.25) is 17.6 Å². The monoisotopic (exact) mass is 252 g/mol. The summed E-state index contributed by atoms with van der Waals surface area (Å²) in [5.41, 5.74) is 2.36. The minimum atomic E-state index is -0.394. The highest BCUT2D eigenvalue weighted by molar-refractivity contribution is 6.02. The van der Waals surface area contributed by atoms with Crippen molar-refractivity contribution < 1.29 is 14.3 Å². The quantitative estimate of drug-likeness (QED) is 0.328. The van der Waals surface area contributed by atoms with Crippen LogP contribution in [0.15, 0.2) is 6.33 Å². The van der Waals surface area contributed by atoms with E-state index in [4.69, 9.17) is 10.6 Å². The summed E-state index contributed by atoms with van der Waals surface area (Å²) in [5, 5.41) is 2.20. The van der Waals surface area contributed by atoms with E-state index in [0.717, 1.165) is 0 Å². The van der Waals surface area contributed by atoms with E-state index in [2.05, 4.69) is 20.7 Å². The smallest absolute Gasteiger partial charge is 0.246 e. The summed E-state index contributed by atoms with van der Waals surface area (Å²) in [4.78, 5) is 32.0. The molecule has 1 saturated heterocycles. The summed E-state index contributed by atoms with van der Waals surface area (Å²) >= 11 is 0. The Morgan fingerprint density at radius 3 is 2.61 bits per heavy atom. The molecular formula is C9H12N6O3. The highest BCUT2D eigenvalue weighted by Gasteiger charge is 2.27. The zero-order valence-corrected chi connectivity index (χ0v) is 9.64. The fraction of sp³-hybridized carbons (Fsp3) is 0.333. The fourth-order valence-corrected chi connectivity index (χ4v) is 1.67. The Labute approximate surface area is 102 Å². The maximum atomic E-state index is 11.3. The third-order valence-electron chi connectivity index (χ3n) is 2.37. The normalized spacial score (nSPS) is 15.3. The molecule has 1 aromatic rings. The lowest BCUT2D eigenvalue weighted by Gasteiger charge is -2.27. The molecule has 2 rings (SSSR count). The van der Waals surface area contributed by atoms with Gasteiger partial charge in [-0.1, -0.05) is 0 Å². The molecular weight excluding hydrogens is 240 g/mol. The topological polar surface area (TPSA) is 122 Å². The Bertz CT molecular complexity index is 475. The predicted octanol–water partition coefficient (Wildman–Crippen LogP) is -1.77. The van der Waals surface area contributed by atoms with Crippen LogP contribution in [0.5, 0.6) is 5.75 Å². The molecule has 1 aliphatic heterocycles. The fourth-order valence-electron chi connectivity index (χ4n) is 1.67. The molecule has 0 bridgehead atoms. The summed E-state index contributed by atoms with van der Waals surface area (Å²) in [6.45, 7) is 0.0340. The van der Waals surface area contributed by atoms with Gasteiger partial charge in [-0.3, -0.25) is 14.9 Å². The van der Waals surface area contributed by atoms with Crippen molar-refractivity contribution in [3.63, 3.8) is 0 Å². The summed E-state index contributed by atoms with van der Waals surface area (Å²) in [7, 11) is 1.43. The van der Waals surface area contributed by atoms with Gasteiger partial charge in [-0.2, -0.15) is 0 Å². The number of hydrogen-bond donors (Lipinski definition) is 3. The van der Waals surface area contributed by atoms with E-state index < -0.39 is 11.8 Å². The van der Waals surface area contributed by atoms with Crippen molar-refractivity contribution in [3.05, 3.63) is 6.33 Å². The van der Waals surface area contributed by atoms with E-state index >= 15 is 0 Å². The number of anilines is 2. The largest absolute Gasteiger partial charge is 0.490 e. The lowest BCUT2D eigenvalue weighted by Crippen LogP contribution is -2.51. The second-order valence-electron chi connectivity index (χ2n) is 3.55. The number of nitrogens with one attached hydrogen (secondary N) is 2. The first kappa shape index (κ1) is 12.0. The average molecular weight is 252 g/mol. The number of hydrogen-bond acceptors (Lipinski definition) is 8. The molecule has 0 unspecified atom stereocenters. The lowest BCUT2D eigenvalue weighted by molar-refractivity contribution is -0.130. The number of amides is 2. The standard InChI is InChI=1S/C9H12N6O3/c1-18-7-8(14-10)11-4-12-9(7)15-2-5(16)13-6(17)3-15/h4H,2-3,10H2,1H3,(H,11,12,14)(H,13,16,17). The average Bonchev–Trinajstić information content (AvgIpc) is 2.36. The zero-order chi connectivity index (χ0) is 13.1. The van der Waals surface area contributed by atoms with Crippen molar-refractivity contribution in [2.45, 2.75) is 0 Å². The van der Waals surface area contributed by atoms with Crippen LogP contribution >= 0.6 is 0 Å². The minimum Gasteiger partial charge on any atom is -0.490 e. The van der Waals surface area contributed by atoms with Crippen LogP contribution in [0.3, 0.4) is 0 Å². The number of methoxy groups -OCH3 is 1. The second kappa shape index (κ2) is 4.84. The van der Waals surface area contributed by atoms with Crippen molar-refractivity contribution in [2.24, 2.45) is 5.84 Å². The number of carbonyl (C=O) groups excluding carboxylic acids is 2. The third-order valence-corrected chi connectivity index (χ3v) is 2.37. The number of hydrazine groups is 1. The Morgan fingerprint density at radius 2 is 2.06 bits per heavy atom. The van der Waals surface area contributed by atoms with Gasteiger partial charge in [0.15, 0.2) is 11.6 Å². The molecule has 9 nitrogen and oxygen atoms in total. The minimum absolute atomic E-state index is 0.0170. The van der Waals surface area contributed by atoms with Crippen LogP contribution in [-0.2, 0) is 9.59 Å². The van der Waals surface area contributed by atoms with Gasteiger partial charge in [-0.05, 0) is 0 Å². The zero-order valence-electron chi connectivity index (χ0n) is 9.64. The molecule has 2 heterocycles. The van der Waals surface area contributed by atoms with E-state index in [1.165, 1.54) is 18.3 Å². The molecule has 18 heavy (non-hydrogen) atoms. The van der Waals surface area contributed by atoms with E-state index in [0.29, 0.717) is 5.82 Å². The van der Waals surface area contributed by atoms with Crippen molar-refractivity contribution in [1.29, 1.82) is 0 Å². The van der Waals surface area contributed by atoms with Gasteiger partial charge in [0.1, 0.15) is 6.33 Å². The lowest BCUT2D eigenvalue weighted by atomic mass is 10.3. The second-order valence-corrected chi connectivity index (χ2v) is 3.55. The molecule has 0 radical (unpaired) electrons. The number of carbonyl (C=O) groups is 2. The predicted molar refractivity (Wildman–Crippen MR) is 61.8 cm³/mol. The van der Waals surface area contributed by atoms with E-state index in [1.807, 2.05) is 0 Å². The summed E-state index contributed by atoms with van der Waals surface area (Å²) in [6, 6.07) is 0. The van der Waals surface area contributed by atoms with Crippen molar-refractivity contribution in [1.82, 2.24) is 15.3 Å². The maximum absolute atomic E-state index is 11.3. The van der Waals surface area contributed by atoms with E-state index in [9.17, 15) is 9.59 Å².